The van der Waals surface area contributed by atoms with Crippen LogP contribution in [0.2, 0.25) is 0 Å². The van der Waals surface area contributed by atoms with Gasteiger partial charge in [0, 0.05) is 0 Å². The Morgan fingerprint density at radius 3 is 2.40 bits per heavy atom. The maximum absolute atomic E-state index is 11.9. The number of benzene rings is 1. The molecule has 0 aliphatic carbocycles. The van der Waals surface area contributed by atoms with Crippen molar-refractivity contribution < 1.29 is 9.84 Å². The fourth-order valence-corrected chi connectivity index (χ4v) is 2.02. The van der Waals surface area contributed by atoms with Gasteiger partial charge in [-0.15, -0.1) is 0 Å². The molecule has 0 bridgehead atoms. The minimum absolute atomic E-state index is 0.116. The molecule has 0 saturated heterocycles. The third kappa shape index (κ3) is 2.32. The average molecular weight is 276 g/mol. The largest absolute Gasteiger partial charge is 0.497 e. The molecule has 0 spiro atoms. The molecular weight excluding hydrogens is 260 g/mol. The van der Waals surface area contributed by atoms with Crippen LogP contribution in [0.3, 0.4) is 0 Å². The van der Waals surface area contributed by atoms with Crippen molar-refractivity contribution in [3.63, 3.8) is 0 Å². The molecule has 2 aromatic rings. The molecule has 1 atom stereocenters. The zero-order valence-corrected chi connectivity index (χ0v) is 11.5. The first-order valence-corrected chi connectivity index (χ1v) is 6.14. The summed E-state index contributed by atoms with van der Waals surface area (Å²) in [6, 6.07) is 6.73. The van der Waals surface area contributed by atoms with Gasteiger partial charge in [0.2, 0.25) is 5.88 Å². The molecule has 2 rings (SSSR count). The molecular formula is C14H16N2O4. The van der Waals surface area contributed by atoms with E-state index in [2.05, 4.69) is 4.98 Å². The Balaban J connectivity index is 2.53. The van der Waals surface area contributed by atoms with E-state index in [1.54, 1.807) is 38.3 Å². The van der Waals surface area contributed by atoms with Crippen LogP contribution in [0.25, 0.3) is 0 Å². The number of hydrogen-bond acceptors (Lipinski definition) is 4. The van der Waals surface area contributed by atoms with Gasteiger partial charge in [-0.1, -0.05) is 12.1 Å². The lowest BCUT2D eigenvalue weighted by atomic mass is 10.1. The first-order valence-electron chi connectivity index (χ1n) is 6.14. The summed E-state index contributed by atoms with van der Waals surface area (Å²) in [5.74, 6) is 0.386. The maximum Gasteiger partial charge on any atom is 0.331 e. The van der Waals surface area contributed by atoms with Crippen LogP contribution >= 0.6 is 0 Å². The van der Waals surface area contributed by atoms with E-state index in [0.717, 1.165) is 10.1 Å². The van der Waals surface area contributed by atoms with E-state index >= 15 is 0 Å². The number of aromatic amines is 1. The molecule has 0 amide bonds. The molecule has 2 N–H and O–H groups in total. The molecule has 0 radical (unpaired) electrons. The molecule has 0 aliphatic rings. The molecule has 20 heavy (non-hydrogen) atoms. The minimum Gasteiger partial charge on any atom is -0.497 e. The monoisotopic (exact) mass is 276 g/mol. The van der Waals surface area contributed by atoms with Crippen LogP contribution in [-0.4, -0.2) is 21.8 Å². The van der Waals surface area contributed by atoms with Crippen molar-refractivity contribution in [3.05, 3.63) is 56.2 Å². The van der Waals surface area contributed by atoms with Crippen molar-refractivity contribution in [2.45, 2.75) is 19.9 Å². The van der Waals surface area contributed by atoms with Crippen molar-refractivity contribution in [3.8, 4) is 11.6 Å². The summed E-state index contributed by atoms with van der Waals surface area (Å²) in [6.45, 7) is 3.23. The van der Waals surface area contributed by atoms with Crippen molar-refractivity contribution in [1.29, 1.82) is 0 Å². The minimum atomic E-state index is -0.638. The lowest BCUT2D eigenvalue weighted by Crippen LogP contribution is -2.33. The summed E-state index contributed by atoms with van der Waals surface area (Å²) >= 11 is 0. The van der Waals surface area contributed by atoms with Gasteiger partial charge in [-0.25, -0.2) is 4.79 Å². The predicted molar refractivity (Wildman–Crippen MR) is 74.5 cm³/mol. The first-order chi connectivity index (χ1) is 9.45. The number of methoxy groups -OCH3 is 1. The van der Waals surface area contributed by atoms with E-state index in [1.165, 1.54) is 6.92 Å². The predicted octanol–water partition coefficient (Wildman–Crippen LogP) is 1.17. The van der Waals surface area contributed by atoms with E-state index < -0.39 is 17.3 Å². The number of aromatic hydroxyl groups is 1. The molecule has 1 aromatic carbocycles. The number of nitrogens with zero attached hydrogens (tertiary/aromatic N) is 1. The van der Waals surface area contributed by atoms with Gasteiger partial charge >= 0.3 is 5.69 Å². The molecule has 0 saturated carbocycles. The van der Waals surface area contributed by atoms with Crippen LogP contribution in [0.5, 0.6) is 11.6 Å². The van der Waals surface area contributed by atoms with E-state index in [1.807, 2.05) is 0 Å². The highest BCUT2D eigenvalue weighted by molar-refractivity contribution is 5.31. The zero-order chi connectivity index (χ0) is 14.9. The van der Waals surface area contributed by atoms with E-state index in [-0.39, 0.29) is 11.4 Å². The summed E-state index contributed by atoms with van der Waals surface area (Å²) < 4.78 is 6.22. The molecule has 6 heteroatoms. The topological polar surface area (TPSA) is 84.3 Å². The third-order valence-electron chi connectivity index (χ3n) is 3.33. The Kier molecular flexibility index (Phi) is 3.65. The first kappa shape index (κ1) is 13.9. The van der Waals surface area contributed by atoms with E-state index in [4.69, 9.17) is 4.74 Å². The van der Waals surface area contributed by atoms with Gasteiger partial charge in [0.15, 0.2) is 0 Å². The van der Waals surface area contributed by atoms with Gasteiger partial charge in [-0.05, 0) is 31.5 Å². The van der Waals surface area contributed by atoms with Crippen LogP contribution in [-0.2, 0) is 0 Å². The number of rotatable bonds is 3. The highest BCUT2D eigenvalue weighted by Gasteiger charge is 2.17. The van der Waals surface area contributed by atoms with Crippen LogP contribution in [0.4, 0.5) is 0 Å². The Morgan fingerprint density at radius 1 is 1.25 bits per heavy atom. The van der Waals surface area contributed by atoms with Crippen molar-refractivity contribution in [2.75, 3.05) is 7.11 Å². The fraction of sp³-hybridized carbons (Fsp3) is 0.286. The average Bonchev–Trinajstić information content (AvgIpc) is 2.45. The molecule has 6 nitrogen and oxygen atoms in total. The zero-order valence-electron chi connectivity index (χ0n) is 11.5. The quantitative estimate of drug-likeness (QED) is 0.881. The van der Waals surface area contributed by atoms with Gasteiger partial charge in [0.1, 0.15) is 5.75 Å². The molecule has 1 unspecified atom stereocenters. The van der Waals surface area contributed by atoms with Crippen LogP contribution in [0.1, 0.15) is 24.1 Å². The summed E-state index contributed by atoms with van der Waals surface area (Å²) in [6.07, 6.45) is 0. The van der Waals surface area contributed by atoms with E-state index in [0.29, 0.717) is 5.75 Å². The van der Waals surface area contributed by atoms with Gasteiger partial charge in [0.25, 0.3) is 5.56 Å². The number of ether oxygens (including phenoxy) is 1. The summed E-state index contributed by atoms with van der Waals surface area (Å²) in [5, 5.41) is 10.0. The normalized spacial score (nSPS) is 12.2. The van der Waals surface area contributed by atoms with Gasteiger partial charge in [-0.2, -0.15) is 0 Å². The maximum atomic E-state index is 11.9. The summed E-state index contributed by atoms with van der Waals surface area (Å²) in [5.41, 5.74) is -0.285. The lowest BCUT2D eigenvalue weighted by molar-refractivity contribution is 0.384. The summed E-state index contributed by atoms with van der Waals surface area (Å²) in [4.78, 5) is 25.5. The number of nitrogens with one attached hydrogen (secondary N) is 1. The Morgan fingerprint density at radius 2 is 1.85 bits per heavy atom. The van der Waals surface area contributed by atoms with E-state index in [9.17, 15) is 14.7 Å². The standard InChI is InChI=1S/C14H16N2O4/c1-8-12(17)15-14(19)16(13(8)18)9(2)10-4-6-11(20-3)7-5-10/h4-7,9,18H,1-3H3,(H,15,17,19). The van der Waals surface area contributed by atoms with Gasteiger partial charge in [-0.3, -0.25) is 14.3 Å². The summed E-state index contributed by atoms with van der Waals surface area (Å²) in [7, 11) is 1.57. The lowest BCUT2D eigenvalue weighted by Gasteiger charge is -2.17. The molecule has 106 valence electrons. The Hall–Kier alpha value is -2.50. The number of hydrogen-bond donors (Lipinski definition) is 2. The number of aromatic nitrogens is 2. The Labute approximate surface area is 115 Å². The second-order valence-corrected chi connectivity index (χ2v) is 4.53. The second kappa shape index (κ2) is 5.24. The highest BCUT2D eigenvalue weighted by atomic mass is 16.5. The van der Waals surface area contributed by atoms with Crippen LogP contribution in [0.15, 0.2) is 33.9 Å². The van der Waals surface area contributed by atoms with Crippen molar-refractivity contribution in [2.24, 2.45) is 0 Å². The molecule has 1 aromatic heterocycles. The van der Waals surface area contributed by atoms with Crippen LogP contribution in [0, 0.1) is 6.92 Å². The third-order valence-corrected chi connectivity index (χ3v) is 3.33. The molecule has 1 heterocycles. The van der Waals surface area contributed by atoms with Gasteiger partial charge in [0.05, 0.1) is 18.7 Å². The van der Waals surface area contributed by atoms with Crippen molar-refractivity contribution >= 4 is 0 Å². The molecule has 0 aliphatic heterocycles. The fourth-order valence-electron chi connectivity index (χ4n) is 2.02. The smallest absolute Gasteiger partial charge is 0.331 e. The van der Waals surface area contributed by atoms with Gasteiger partial charge < -0.3 is 9.84 Å². The highest BCUT2D eigenvalue weighted by Crippen LogP contribution is 2.23. The Bertz CT molecular complexity index is 728. The second-order valence-electron chi connectivity index (χ2n) is 4.53. The van der Waals surface area contributed by atoms with Crippen molar-refractivity contribution in [1.82, 2.24) is 9.55 Å². The van der Waals surface area contributed by atoms with Crippen LogP contribution < -0.4 is 16.0 Å². The SMILES string of the molecule is COc1ccc(C(C)n2c(O)c(C)c(=O)[nH]c2=O)cc1. The number of H-pyrrole nitrogens is 1. The molecule has 0 fully saturated rings.